The summed E-state index contributed by atoms with van der Waals surface area (Å²) >= 11 is 0. The van der Waals surface area contributed by atoms with E-state index in [-0.39, 0.29) is 6.04 Å². The van der Waals surface area contributed by atoms with Crippen LogP contribution in [0.15, 0.2) is 0 Å². The van der Waals surface area contributed by atoms with E-state index < -0.39 is 12.2 Å². The molecular weight excluding hydrogens is 196 g/mol. The maximum atomic E-state index is 9.64. The van der Waals surface area contributed by atoms with Crippen LogP contribution in [0.25, 0.3) is 0 Å². The Morgan fingerprint density at radius 1 is 1.33 bits per heavy atom. The average molecular weight is 220 g/mol. The van der Waals surface area contributed by atoms with Crippen molar-refractivity contribution in [2.75, 3.05) is 26.2 Å². The fourth-order valence-electron chi connectivity index (χ4n) is 1.10. The SMILES string of the molecule is CCN(N)CC(O)C(N)CNCC(C)O. The van der Waals surface area contributed by atoms with Gasteiger partial charge in [-0.3, -0.25) is 5.84 Å². The molecule has 0 aromatic heterocycles. The Balaban J connectivity index is 3.64. The summed E-state index contributed by atoms with van der Waals surface area (Å²) in [5.41, 5.74) is 5.73. The van der Waals surface area contributed by atoms with Gasteiger partial charge in [0.1, 0.15) is 0 Å². The zero-order valence-electron chi connectivity index (χ0n) is 9.56. The molecule has 7 N–H and O–H groups in total. The lowest BCUT2D eigenvalue weighted by molar-refractivity contribution is 0.0914. The van der Waals surface area contributed by atoms with E-state index in [4.69, 9.17) is 16.7 Å². The molecule has 0 saturated heterocycles. The molecule has 0 radical (unpaired) electrons. The standard InChI is InChI=1S/C9H24N4O2/c1-3-13(11)6-9(15)8(10)5-12-4-7(2)14/h7-9,12,14-15H,3-6,10-11H2,1-2H3. The summed E-state index contributed by atoms with van der Waals surface area (Å²) in [6.07, 6.45) is -1.06. The smallest absolute Gasteiger partial charge is 0.0844 e. The minimum Gasteiger partial charge on any atom is -0.392 e. The molecule has 0 amide bonds. The second-order valence-corrected chi connectivity index (χ2v) is 3.83. The third-order valence-electron chi connectivity index (χ3n) is 2.14. The molecule has 6 heteroatoms. The van der Waals surface area contributed by atoms with Crippen LogP contribution in [0.5, 0.6) is 0 Å². The molecule has 0 saturated carbocycles. The summed E-state index contributed by atoms with van der Waals surface area (Å²) in [7, 11) is 0. The van der Waals surface area contributed by atoms with Gasteiger partial charge in [-0.2, -0.15) is 0 Å². The number of likely N-dealkylation sites (N-methyl/N-ethyl adjacent to an activating group) is 1. The topological polar surface area (TPSA) is 108 Å². The highest BCUT2D eigenvalue weighted by atomic mass is 16.3. The zero-order valence-corrected chi connectivity index (χ0v) is 9.56. The first kappa shape index (κ1) is 14.8. The van der Waals surface area contributed by atoms with E-state index in [0.717, 1.165) is 0 Å². The summed E-state index contributed by atoms with van der Waals surface area (Å²) in [6.45, 7) is 5.56. The van der Waals surface area contributed by atoms with Crippen molar-refractivity contribution >= 4 is 0 Å². The highest BCUT2D eigenvalue weighted by Crippen LogP contribution is 1.92. The van der Waals surface area contributed by atoms with Gasteiger partial charge in [-0.1, -0.05) is 6.92 Å². The molecule has 0 aliphatic rings. The van der Waals surface area contributed by atoms with Gasteiger partial charge in [-0.15, -0.1) is 0 Å². The lowest BCUT2D eigenvalue weighted by atomic mass is 10.1. The van der Waals surface area contributed by atoms with Gasteiger partial charge in [-0.05, 0) is 6.92 Å². The quantitative estimate of drug-likeness (QED) is 0.236. The number of hydrazine groups is 1. The largest absolute Gasteiger partial charge is 0.392 e. The number of aliphatic hydroxyl groups excluding tert-OH is 2. The molecule has 0 spiro atoms. The molecule has 0 rings (SSSR count). The Morgan fingerprint density at radius 3 is 2.40 bits per heavy atom. The van der Waals surface area contributed by atoms with Crippen molar-refractivity contribution < 1.29 is 10.2 Å². The number of hydrogen-bond donors (Lipinski definition) is 5. The van der Waals surface area contributed by atoms with Gasteiger partial charge < -0.3 is 21.3 Å². The average Bonchev–Trinajstić information content (AvgIpc) is 2.16. The predicted molar refractivity (Wildman–Crippen MR) is 60.0 cm³/mol. The third-order valence-corrected chi connectivity index (χ3v) is 2.14. The summed E-state index contributed by atoms with van der Waals surface area (Å²) in [6, 6.07) is -0.374. The lowest BCUT2D eigenvalue weighted by Gasteiger charge is -2.23. The summed E-state index contributed by atoms with van der Waals surface area (Å²) < 4.78 is 0. The van der Waals surface area contributed by atoms with Crippen molar-refractivity contribution in [3.63, 3.8) is 0 Å². The molecule has 0 aromatic rings. The summed E-state index contributed by atoms with van der Waals surface area (Å²) in [5, 5.41) is 23.1. The summed E-state index contributed by atoms with van der Waals surface area (Å²) in [5.74, 6) is 5.55. The number of aliphatic hydroxyl groups is 2. The minimum absolute atomic E-state index is 0.355. The monoisotopic (exact) mass is 220 g/mol. The molecule has 0 fully saturated rings. The maximum Gasteiger partial charge on any atom is 0.0844 e. The second kappa shape index (κ2) is 7.98. The van der Waals surface area contributed by atoms with Crippen molar-refractivity contribution in [2.45, 2.75) is 32.1 Å². The van der Waals surface area contributed by atoms with Gasteiger partial charge in [-0.25, -0.2) is 5.01 Å². The molecular formula is C9H24N4O2. The summed E-state index contributed by atoms with van der Waals surface area (Å²) in [4.78, 5) is 0. The van der Waals surface area contributed by atoms with E-state index >= 15 is 0 Å². The fraction of sp³-hybridized carbons (Fsp3) is 1.00. The van der Waals surface area contributed by atoms with Crippen molar-refractivity contribution in [3.05, 3.63) is 0 Å². The molecule has 3 unspecified atom stereocenters. The first-order chi connectivity index (χ1) is 6.97. The first-order valence-electron chi connectivity index (χ1n) is 5.29. The Hall–Kier alpha value is -0.240. The van der Waals surface area contributed by atoms with E-state index in [1.165, 1.54) is 5.01 Å². The number of nitrogens with two attached hydrogens (primary N) is 2. The molecule has 0 aliphatic carbocycles. The molecule has 0 aliphatic heterocycles. The molecule has 3 atom stereocenters. The van der Waals surface area contributed by atoms with Crippen molar-refractivity contribution in [1.82, 2.24) is 10.3 Å². The molecule has 0 bridgehead atoms. The fourth-order valence-corrected chi connectivity index (χ4v) is 1.10. The minimum atomic E-state index is -0.656. The van der Waals surface area contributed by atoms with Gasteiger partial charge in [0.2, 0.25) is 0 Å². The van der Waals surface area contributed by atoms with Gasteiger partial charge in [0.05, 0.1) is 12.2 Å². The van der Waals surface area contributed by atoms with Crippen LogP contribution in [0.1, 0.15) is 13.8 Å². The van der Waals surface area contributed by atoms with E-state index in [2.05, 4.69) is 5.32 Å². The Labute approximate surface area is 91.2 Å². The van der Waals surface area contributed by atoms with Gasteiger partial charge in [0, 0.05) is 32.2 Å². The van der Waals surface area contributed by atoms with Crippen LogP contribution in [0, 0.1) is 0 Å². The van der Waals surface area contributed by atoms with Crippen LogP contribution in [0.2, 0.25) is 0 Å². The zero-order chi connectivity index (χ0) is 11.8. The predicted octanol–water partition coefficient (Wildman–Crippen LogP) is -2.16. The maximum absolute atomic E-state index is 9.64. The molecule has 0 heterocycles. The lowest BCUT2D eigenvalue weighted by Crippen LogP contribution is -2.50. The number of rotatable bonds is 8. The first-order valence-corrected chi connectivity index (χ1v) is 5.29. The van der Waals surface area contributed by atoms with E-state index in [1.807, 2.05) is 6.92 Å². The van der Waals surface area contributed by atoms with Crippen molar-refractivity contribution in [3.8, 4) is 0 Å². The Morgan fingerprint density at radius 2 is 1.93 bits per heavy atom. The molecule has 15 heavy (non-hydrogen) atoms. The van der Waals surface area contributed by atoms with E-state index in [9.17, 15) is 5.11 Å². The highest BCUT2D eigenvalue weighted by molar-refractivity contribution is 4.76. The van der Waals surface area contributed by atoms with Gasteiger partial charge >= 0.3 is 0 Å². The van der Waals surface area contributed by atoms with Crippen LogP contribution >= 0.6 is 0 Å². The highest BCUT2D eigenvalue weighted by Gasteiger charge is 2.16. The number of nitrogens with one attached hydrogen (secondary N) is 1. The van der Waals surface area contributed by atoms with Gasteiger partial charge in [0.15, 0.2) is 0 Å². The Kier molecular flexibility index (Phi) is 7.85. The third kappa shape index (κ3) is 7.66. The molecule has 92 valence electrons. The normalized spacial score (nSPS) is 17.8. The number of hydrogen-bond acceptors (Lipinski definition) is 6. The van der Waals surface area contributed by atoms with Gasteiger partial charge in [0.25, 0.3) is 0 Å². The van der Waals surface area contributed by atoms with Crippen LogP contribution in [-0.2, 0) is 0 Å². The molecule has 0 aromatic carbocycles. The van der Waals surface area contributed by atoms with Crippen molar-refractivity contribution in [2.24, 2.45) is 11.6 Å². The van der Waals surface area contributed by atoms with E-state index in [1.54, 1.807) is 6.92 Å². The van der Waals surface area contributed by atoms with Crippen LogP contribution < -0.4 is 16.9 Å². The van der Waals surface area contributed by atoms with Crippen LogP contribution in [0.4, 0.5) is 0 Å². The Bertz CT molecular complexity index is 157. The van der Waals surface area contributed by atoms with Crippen LogP contribution in [0.3, 0.4) is 0 Å². The molecule has 6 nitrogen and oxygen atoms in total. The van der Waals surface area contributed by atoms with Crippen LogP contribution in [-0.4, -0.2) is 59.7 Å². The number of nitrogens with zero attached hydrogens (tertiary/aromatic N) is 1. The van der Waals surface area contributed by atoms with Crippen molar-refractivity contribution in [1.29, 1.82) is 0 Å². The van der Waals surface area contributed by atoms with E-state index in [0.29, 0.717) is 26.2 Å². The second-order valence-electron chi connectivity index (χ2n) is 3.83.